The number of anilines is 1. The molecular weight excluding hydrogens is 555 g/mol. The van der Waals surface area contributed by atoms with Gasteiger partial charge < -0.3 is 34.8 Å². The van der Waals surface area contributed by atoms with E-state index in [-0.39, 0.29) is 17.0 Å². The van der Waals surface area contributed by atoms with Gasteiger partial charge in [0.2, 0.25) is 15.3 Å². The SMILES string of the molecule is CNS(=O)(=O)CC(C)(OC[C@H]1O[C@@H](n2ncc3c(NC4CCCC4)nc(Cl)nc32)[C@H](O)[C@@H]1O)P(=O)(O)O. The van der Waals surface area contributed by atoms with E-state index in [2.05, 4.69) is 20.4 Å². The number of sulfonamides is 1. The average Bonchev–Trinajstić information content (AvgIpc) is 3.53. The molecule has 5 atom stereocenters. The van der Waals surface area contributed by atoms with Crippen molar-refractivity contribution in [3.8, 4) is 0 Å². The number of halogens is 1. The number of hydrogen-bond acceptors (Lipinski definition) is 11. The third-order valence-corrected chi connectivity index (χ3v) is 10.1. The Labute approximate surface area is 217 Å². The smallest absolute Gasteiger partial charge is 0.357 e. The molecule has 6 N–H and O–H groups in total. The number of hydrogen-bond donors (Lipinski definition) is 6. The van der Waals surface area contributed by atoms with Gasteiger partial charge in [-0.2, -0.15) is 15.1 Å². The third kappa shape index (κ3) is 5.93. The molecular formula is C19H30ClN6O9PS. The second kappa shape index (κ2) is 10.6. The number of aliphatic hydroxyl groups is 2. The molecule has 2 aromatic heterocycles. The molecule has 18 heteroatoms. The van der Waals surface area contributed by atoms with Crippen molar-refractivity contribution < 1.29 is 42.5 Å². The number of fused-ring (bicyclic) bond motifs is 1. The molecule has 3 heterocycles. The first-order chi connectivity index (χ1) is 17.2. The van der Waals surface area contributed by atoms with E-state index in [0.29, 0.717) is 11.2 Å². The van der Waals surface area contributed by atoms with Crippen molar-refractivity contribution in [3.05, 3.63) is 11.5 Å². The lowest BCUT2D eigenvalue weighted by atomic mass is 10.1. The number of aromatic nitrogens is 4. The quantitative estimate of drug-likeness (QED) is 0.159. The molecule has 1 unspecified atom stereocenters. The maximum Gasteiger partial charge on any atom is 0.357 e. The zero-order valence-corrected chi connectivity index (χ0v) is 22.5. The molecule has 208 valence electrons. The Morgan fingerprint density at radius 2 is 1.95 bits per heavy atom. The van der Waals surface area contributed by atoms with Crippen molar-refractivity contribution in [1.82, 2.24) is 24.5 Å². The monoisotopic (exact) mass is 584 g/mol. The maximum absolute atomic E-state index is 12.1. The van der Waals surface area contributed by atoms with Crippen LogP contribution in [0.2, 0.25) is 5.28 Å². The van der Waals surface area contributed by atoms with E-state index in [9.17, 15) is 33.0 Å². The van der Waals surface area contributed by atoms with Gasteiger partial charge in [0, 0.05) is 6.04 Å². The van der Waals surface area contributed by atoms with Crippen LogP contribution in [0.3, 0.4) is 0 Å². The summed E-state index contributed by atoms with van der Waals surface area (Å²) in [7, 11) is -8.09. The van der Waals surface area contributed by atoms with E-state index in [1.165, 1.54) is 10.9 Å². The van der Waals surface area contributed by atoms with E-state index in [4.69, 9.17) is 21.1 Å². The molecule has 0 radical (unpaired) electrons. The Balaban J connectivity index is 1.55. The van der Waals surface area contributed by atoms with Crippen molar-refractivity contribution in [2.24, 2.45) is 0 Å². The van der Waals surface area contributed by atoms with E-state index in [1.807, 2.05) is 4.72 Å². The molecule has 0 bridgehead atoms. The summed E-state index contributed by atoms with van der Waals surface area (Å²) < 4.78 is 50.3. The van der Waals surface area contributed by atoms with E-state index < -0.39 is 59.9 Å². The number of rotatable bonds is 10. The Kier molecular flexibility index (Phi) is 8.18. The largest absolute Gasteiger partial charge is 0.387 e. The van der Waals surface area contributed by atoms with E-state index >= 15 is 0 Å². The van der Waals surface area contributed by atoms with Crippen LogP contribution in [0, 0.1) is 0 Å². The Hall–Kier alpha value is -1.46. The summed E-state index contributed by atoms with van der Waals surface area (Å²) in [6.07, 6.45) is 0.0255. The standard InChI is InChI=1S/C19H30ClN6O9PS/c1-19(36(29,30)31,9-37(32,33)21-2)34-8-12-13(27)14(28)17(35-12)26-16-11(7-22-26)15(24-18(20)25-16)23-10-5-3-4-6-10/h7,10,12-14,17,21,27-28H,3-6,8-9H2,1-2H3,(H,23,24,25)(H2,29,30,31)/t12-,13-,14-,17-,19?/m1/s1. The van der Waals surface area contributed by atoms with Crippen LogP contribution in [0.25, 0.3) is 11.0 Å². The Morgan fingerprint density at radius 1 is 1.27 bits per heavy atom. The molecule has 2 fully saturated rings. The predicted octanol–water partition coefficient (Wildman–Crippen LogP) is -0.0869. The summed E-state index contributed by atoms with van der Waals surface area (Å²) in [4.78, 5) is 28.0. The topological polar surface area (TPSA) is 218 Å². The molecule has 2 aromatic rings. The summed E-state index contributed by atoms with van der Waals surface area (Å²) in [5.41, 5.74) is 0.235. The number of nitrogens with one attached hydrogen (secondary N) is 2. The molecule has 15 nitrogen and oxygen atoms in total. The van der Waals surface area contributed by atoms with Gasteiger partial charge in [-0.1, -0.05) is 12.8 Å². The highest BCUT2D eigenvalue weighted by molar-refractivity contribution is 7.89. The molecule has 2 aliphatic rings. The van der Waals surface area contributed by atoms with E-state index in [0.717, 1.165) is 39.7 Å². The average molecular weight is 585 g/mol. The number of ether oxygens (including phenoxy) is 2. The van der Waals surface area contributed by atoms with Gasteiger partial charge in [-0.3, -0.25) is 4.57 Å². The van der Waals surface area contributed by atoms with Crippen molar-refractivity contribution in [3.63, 3.8) is 0 Å². The fourth-order valence-corrected chi connectivity index (χ4v) is 6.95. The zero-order chi connectivity index (χ0) is 27.2. The molecule has 0 spiro atoms. The molecule has 37 heavy (non-hydrogen) atoms. The minimum atomic E-state index is -5.11. The first-order valence-electron chi connectivity index (χ1n) is 11.5. The first kappa shape index (κ1) is 28.5. The summed E-state index contributed by atoms with van der Waals surface area (Å²) in [6, 6.07) is 0.226. The van der Waals surface area contributed by atoms with Gasteiger partial charge in [-0.15, -0.1) is 0 Å². The van der Waals surface area contributed by atoms with Crippen LogP contribution in [0.1, 0.15) is 38.8 Å². The van der Waals surface area contributed by atoms with Gasteiger partial charge >= 0.3 is 7.60 Å². The minimum Gasteiger partial charge on any atom is -0.387 e. The van der Waals surface area contributed by atoms with Crippen LogP contribution in [0.5, 0.6) is 0 Å². The lowest BCUT2D eigenvalue weighted by Crippen LogP contribution is -2.43. The number of aliphatic hydroxyl groups excluding tert-OH is 2. The maximum atomic E-state index is 12.1. The summed E-state index contributed by atoms with van der Waals surface area (Å²) in [5, 5.41) is 26.9. The van der Waals surface area contributed by atoms with Crippen molar-refractivity contribution in [1.29, 1.82) is 0 Å². The minimum absolute atomic E-state index is 0.0641. The van der Waals surface area contributed by atoms with Crippen LogP contribution in [0.15, 0.2) is 6.20 Å². The molecule has 1 aliphatic carbocycles. The van der Waals surface area contributed by atoms with Crippen LogP contribution in [-0.4, -0.2) is 97.3 Å². The highest BCUT2D eigenvalue weighted by atomic mass is 35.5. The molecule has 1 saturated heterocycles. The Bertz CT molecular complexity index is 1290. The van der Waals surface area contributed by atoms with Crippen molar-refractivity contribution >= 4 is 46.1 Å². The first-order valence-corrected chi connectivity index (χ1v) is 15.2. The van der Waals surface area contributed by atoms with Gasteiger partial charge in [-0.05, 0) is 38.4 Å². The van der Waals surface area contributed by atoms with Crippen molar-refractivity contribution in [2.45, 2.75) is 68.5 Å². The normalized spacial score (nSPS) is 27.1. The summed E-state index contributed by atoms with van der Waals surface area (Å²) in [5.74, 6) is -0.574. The summed E-state index contributed by atoms with van der Waals surface area (Å²) in [6.45, 7) is 0.301. The fraction of sp³-hybridized carbons (Fsp3) is 0.737. The lowest BCUT2D eigenvalue weighted by Gasteiger charge is -2.31. The molecule has 1 aliphatic heterocycles. The molecule has 1 saturated carbocycles. The fourth-order valence-electron chi connectivity index (χ4n) is 4.42. The van der Waals surface area contributed by atoms with Crippen molar-refractivity contribution in [2.75, 3.05) is 24.7 Å². The second-order valence-electron chi connectivity index (χ2n) is 9.33. The highest BCUT2D eigenvalue weighted by Crippen LogP contribution is 2.52. The van der Waals surface area contributed by atoms with Crippen LogP contribution in [0.4, 0.5) is 5.82 Å². The summed E-state index contributed by atoms with van der Waals surface area (Å²) >= 11 is 6.14. The van der Waals surface area contributed by atoms with Gasteiger partial charge in [0.15, 0.2) is 17.2 Å². The molecule has 0 amide bonds. The van der Waals surface area contributed by atoms with Gasteiger partial charge in [0.1, 0.15) is 29.9 Å². The number of nitrogens with zero attached hydrogens (tertiary/aromatic N) is 4. The van der Waals surface area contributed by atoms with Gasteiger partial charge in [0.25, 0.3) is 0 Å². The van der Waals surface area contributed by atoms with Gasteiger partial charge in [-0.25, -0.2) is 17.8 Å². The lowest BCUT2D eigenvalue weighted by molar-refractivity contribution is -0.0899. The van der Waals surface area contributed by atoms with Crippen LogP contribution in [-0.2, 0) is 24.1 Å². The predicted molar refractivity (Wildman–Crippen MR) is 131 cm³/mol. The van der Waals surface area contributed by atoms with Crippen LogP contribution < -0.4 is 10.0 Å². The molecule has 4 rings (SSSR count). The Morgan fingerprint density at radius 3 is 2.57 bits per heavy atom. The highest BCUT2D eigenvalue weighted by Gasteiger charge is 2.50. The van der Waals surface area contributed by atoms with E-state index in [1.54, 1.807) is 0 Å². The molecule has 0 aromatic carbocycles. The zero-order valence-electron chi connectivity index (χ0n) is 20.1. The van der Waals surface area contributed by atoms with Crippen LogP contribution >= 0.6 is 19.2 Å². The third-order valence-electron chi connectivity index (χ3n) is 6.64. The van der Waals surface area contributed by atoms with Gasteiger partial charge in [0.05, 0.1) is 18.2 Å². The second-order valence-corrected chi connectivity index (χ2v) is 13.6.